The molecule has 1 aliphatic rings. The topological polar surface area (TPSA) is 98.9 Å². The number of carbonyl (C=O) groups is 2. The van der Waals surface area contributed by atoms with Gasteiger partial charge in [0.25, 0.3) is 0 Å². The van der Waals surface area contributed by atoms with E-state index in [1.165, 1.54) is 17.8 Å². The third kappa shape index (κ3) is 11.1. The highest BCUT2D eigenvalue weighted by Crippen LogP contribution is 2.25. The Morgan fingerprint density at radius 3 is 2.03 bits per heavy atom. The summed E-state index contributed by atoms with van der Waals surface area (Å²) in [4.78, 5) is 26.5. The fraction of sp³-hybridized carbons (Fsp3) is 0.476. The Morgan fingerprint density at radius 2 is 1.57 bits per heavy atom. The Morgan fingerprint density at radius 1 is 1.03 bits per heavy atom. The van der Waals surface area contributed by atoms with Crippen LogP contribution in [0.3, 0.4) is 0 Å². The van der Waals surface area contributed by atoms with E-state index >= 15 is 0 Å². The van der Waals surface area contributed by atoms with E-state index in [1.807, 2.05) is 12.5 Å². The molecule has 2 N–H and O–H groups in total. The minimum Gasteiger partial charge on any atom is -0.475 e. The lowest BCUT2D eigenvalue weighted by Crippen LogP contribution is -2.37. The molecule has 37 heavy (non-hydrogen) atoms. The fourth-order valence-corrected chi connectivity index (χ4v) is 3.12. The van der Waals surface area contributed by atoms with Crippen LogP contribution in [0.2, 0.25) is 0 Å². The van der Waals surface area contributed by atoms with Gasteiger partial charge < -0.3 is 19.7 Å². The fourth-order valence-electron chi connectivity index (χ4n) is 3.12. The zero-order chi connectivity index (χ0) is 28.6. The van der Waals surface area contributed by atoms with Crippen LogP contribution in [0.5, 0.6) is 0 Å². The van der Waals surface area contributed by atoms with E-state index in [9.17, 15) is 35.1 Å². The molecule has 3 rings (SSSR count). The summed E-state index contributed by atoms with van der Waals surface area (Å²) in [5.41, 5.74) is 1.96. The minimum absolute atomic E-state index is 0.356. The molecule has 16 heteroatoms. The maximum absolute atomic E-state index is 13.4. The number of carboxylic acid groups (broad SMARTS) is 2. The van der Waals surface area contributed by atoms with Crippen LogP contribution in [0.1, 0.15) is 23.7 Å². The number of hydrogen-bond donors (Lipinski definition) is 2. The van der Waals surface area contributed by atoms with Gasteiger partial charge in [-0.05, 0) is 44.8 Å². The molecule has 1 unspecified atom stereocenters. The number of rotatable bonds is 5. The molecule has 0 fully saturated rings. The van der Waals surface area contributed by atoms with Gasteiger partial charge in [0, 0.05) is 31.9 Å². The standard InChI is InChI=1S/C17H22F2N4.2C2HF3O2/c1-21(2)6-5-14-10-22(11-15-8-20-12-23(14)15)9-13-3-4-16(18)17(19)7-13;2*3-2(4,5)1(6)7/h3-4,7-8,12,14H,5-6,9-11H2,1-2H3;2*(H,6,7). The average Bonchev–Trinajstić information content (AvgIpc) is 3.23. The Labute approximate surface area is 205 Å². The summed E-state index contributed by atoms with van der Waals surface area (Å²) in [6.07, 6.45) is -5.35. The van der Waals surface area contributed by atoms with Gasteiger partial charge in [-0.1, -0.05) is 6.07 Å². The molecule has 1 aromatic carbocycles. The molecule has 0 saturated carbocycles. The lowest BCUT2D eigenvalue weighted by molar-refractivity contribution is -0.193. The third-order valence-corrected chi connectivity index (χ3v) is 4.78. The maximum atomic E-state index is 13.4. The van der Waals surface area contributed by atoms with E-state index in [2.05, 4.69) is 33.4 Å². The van der Waals surface area contributed by atoms with Crippen molar-refractivity contribution in [3.05, 3.63) is 53.6 Å². The first kappa shape index (κ1) is 31.8. The first-order chi connectivity index (χ1) is 16.9. The average molecular weight is 548 g/mol. The molecule has 1 aromatic heterocycles. The van der Waals surface area contributed by atoms with Crippen molar-refractivity contribution in [1.29, 1.82) is 0 Å². The number of alkyl halides is 6. The van der Waals surface area contributed by atoms with Gasteiger partial charge in [0.15, 0.2) is 11.6 Å². The molecule has 0 radical (unpaired) electrons. The second-order valence-electron chi connectivity index (χ2n) is 8.06. The summed E-state index contributed by atoms with van der Waals surface area (Å²) in [6.45, 7) is 3.27. The summed E-state index contributed by atoms with van der Waals surface area (Å²) in [5, 5.41) is 14.2. The van der Waals surface area contributed by atoms with Gasteiger partial charge in [0.05, 0.1) is 12.0 Å². The number of halogens is 8. The highest BCUT2D eigenvalue weighted by atomic mass is 19.4. The quantitative estimate of drug-likeness (QED) is 0.547. The molecule has 1 atom stereocenters. The molecule has 0 aliphatic carbocycles. The molecule has 1 aliphatic heterocycles. The Kier molecular flexibility index (Phi) is 11.4. The van der Waals surface area contributed by atoms with Gasteiger partial charge in [0.1, 0.15) is 0 Å². The van der Waals surface area contributed by atoms with Crippen molar-refractivity contribution >= 4 is 11.9 Å². The van der Waals surface area contributed by atoms with E-state index in [1.54, 1.807) is 6.07 Å². The van der Waals surface area contributed by atoms with Crippen molar-refractivity contribution in [1.82, 2.24) is 19.4 Å². The van der Waals surface area contributed by atoms with Crippen molar-refractivity contribution in [2.45, 2.75) is 37.9 Å². The molecule has 2 heterocycles. The summed E-state index contributed by atoms with van der Waals surface area (Å²) in [5.74, 6) is -7.09. The van der Waals surface area contributed by atoms with Crippen LogP contribution in [0.4, 0.5) is 35.1 Å². The van der Waals surface area contributed by atoms with Gasteiger partial charge >= 0.3 is 24.3 Å². The van der Waals surface area contributed by atoms with Crippen LogP contribution >= 0.6 is 0 Å². The van der Waals surface area contributed by atoms with Crippen molar-refractivity contribution in [2.24, 2.45) is 0 Å². The highest BCUT2D eigenvalue weighted by Gasteiger charge is 2.38. The second kappa shape index (κ2) is 13.3. The van der Waals surface area contributed by atoms with Crippen LogP contribution < -0.4 is 0 Å². The van der Waals surface area contributed by atoms with Crippen LogP contribution in [0.25, 0.3) is 0 Å². The number of benzene rings is 1. The number of fused-ring (bicyclic) bond motifs is 1. The number of imidazole rings is 1. The smallest absolute Gasteiger partial charge is 0.475 e. The van der Waals surface area contributed by atoms with Crippen LogP contribution in [0, 0.1) is 11.6 Å². The molecule has 2 aromatic rings. The van der Waals surface area contributed by atoms with Crippen LogP contribution in [-0.2, 0) is 22.7 Å². The predicted octanol–water partition coefficient (Wildman–Crippen LogP) is 3.94. The Hall–Kier alpha value is -3.27. The largest absolute Gasteiger partial charge is 0.490 e. The van der Waals surface area contributed by atoms with Crippen molar-refractivity contribution < 1.29 is 54.9 Å². The van der Waals surface area contributed by atoms with Crippen molar-refractivity contribution in [2.75, 3.05) is 27.2 Å². The Bertz CT molecular complexity index is 1020. The molecule has 208 valence electrons. The van der Waals surface area contributed by atoms with E-state index in [0.717, 1.165) is 31.6 Å². The summed E-state index contributed by atoms with van der Waals surface area (Å²) in [7, 11) is 4.13. The highest BCUT2D eigenvalue weighted by molar-refractivity contribution is 5.73. The summed E-state index contributed by atoms with van der Waals surface area (Å²) < 4.78 is 92.2. The molecular weight excluding hydrogens is 524 g/mol. The van der Waals surface area contributed by atoms with E-state index < -0.39 is 35.9 Å². The molecule has 8 nitrogen and oxygen atoms in total. The monoisotopic (exact) mass is 548 g/mol. The number of hydrogen-bond acceptors (Lipinski definition) is 5. The first-order valence-electron chi connectivity index (χ1n) is 10.3. The third-order valence-electron chi connectivity index (χ3n) is 4.78. The SMILES string of the molecule is CN(C)CCC1CN(Cc2ccc(F)c(F)c2)Cc2cncn21.O=C(O)C(F)(F)F.O=C(O)C(F)(F)F. The number of aliphatic carboxylic acids is 2. The lowest BCUT2D eigenvalue weighted by Gasteiger charge is -2.35. The van der Waals surface area contributed by atoms with Crippen LogP contribution in [-0.4, -0.2) is 81.0 Å². The minimum atomic E-state index is -5.08. The number of carboxylic acids is 2. The summed E-state index contributed by atoms with van der Waals surface area (Å²) in [6, 6.07) is 4.49. The van der Waals surface area contributed by atoms with Crippen LogP contribution in [0.15, 0.2) is 30.7 Å². The molecular formula is C21H24F8N4O4. The molecule has 0 saturated heterocycles. The normalized spacial score (nSPS) is 15.7. The second-order valence-corrected chi connectivity index (χ2v) is 8.06. The van der Waals surface area contributed by atoms with Gasteiger partial charge in [-0.3, -0.25) is 4.90 Å². The Balaban J connectivity index is 0.000000404. The van der Waals surface area contributed by atoms with Gasteiger partial charge in [-0.15, -0.1) is 0 Å². The maximum Gasteiger partial charge on any atom is 0.490 e. The van der Waals surface area contributed by atoms with Gasteiger partial charge in [-0.2, -0.15) is 26.3 Å². The summed E-state index contributed by atoms with van der Waals surface area (Å²) >= 11 is 0. The van der Waals surface area contributed by atoms with Gasteiger partial charge in [-0.25, -0.2) is 23.4 Å². The predicted molar refractivity (Wildman–Crippen MR) is 112 cm³/mol. The number of aromatic nitrogens is 2. The van der Waals surface area contributed by atoms with E-state index in [0.29, 0.717) is 12.6 Å². The van der Waals surface area contributed by atoms with Crippen molar-refractivity contribution in [3.63, 3.8) is 0 Å². The van der Waals surface area contributed by atoms with E-state index in [-0.39, 0.29) is 0 Å². The number of nitrogens with zero attached hydrogens (tertiary/aromatic N) is 4. The first-order valence-corrected chi connectivity index (χ1v) is 10.3. The lowest BCUT2D eigenvalue weighted by atomic mass is 10.1. The molecule has 0 spiro atoms. The molecule has 0 amide bonds. The zero-order valence-corrected chi connectivity index (χ0v) is 19.5. The zero-order valence-electron chi connectivity index (χ0n) is 19.5. The van der Waals surface area contributed by atoms with Crippen molar-refractivity contribution in [3.8, 4) is 0 Å². The van der Waals surface area contributed by atoms with Gasteiger partial charge in [0.2, 0.25) is 0 Å². The molecule has 0 bridgehead atoms. The van der Waals surface area contributed by atoms with E-state index in [4.69, 9.17) is 19.8 Å².